The van der Waals surface area contributed by atoms with Gasteiger partial charge in [0, 0.05) is 6.08 Å². The predicted octanol–water partition coefficient (Wildman–Crippen LogP) is 4.55. The molecule has 0 amide bonds. The van der Waals surface area contributed by atoms with E-state index in [4.69, 9.17) is 5.11 Å². The summed E-state index contributed by atoms with van der Waals surface area (Å²) < 4.78 is 0. The Morgan fingerprint density at radius 2 is 1.24 bits per heavy atom. The van der Waals surface area contributed by atoms with Gasteiger partial charge in [-0.2, -0.15) is 0 Å². The fourth-order valence-corrected chi connectivity index (χ4v) is 2.61. The van der Waals surface area contributed by atoms with Gasteiger partial charge in [0.15, 0.2) is 0 Å². The highest BCUT2D eigenvalue weighted by Crippen LogP contribution is 2.21. The highest BCUT2D eigenvalue weighted by atomic mass is 16.4. The zero-order valence-corrected chi connectivity index (χ0v) is 10.9. The summed E-state index contributed by atoms with van der Waals surface area (Å²) in [5.41, 5.74) is 0. The van der Waals surface area contributed by atoms with E-state index in [1.54, 1.807) is 0 Å². The Morgan fingerprint density at radius 1 is 0.824 bits per heavy atom. The maximum absolute atomic E-state index is 10.5. The van der Waals surface area contributed by atoms with E-state index in [0.717, 1.165) is 0 Å². The van der Waals surface area contributed by atoms with E-state index < -0.39 is 5.97 Å². The first kappa shape index (κ1) is 14.3. The van der Waals surface area contributed by atoms with E-state index in [0.29, 0.717) is 5.92 Å². The van der Waals surface area contributed by atoms with E-state index in [2.05, 4.69) is 0 Å². The van der Waals surface area contributed by atoms with Crippen LogP contribution in [0.2, 0.25) is 0 Å². The SMILES string of the molecule is O=C(O)C=CC1CCCCCCCCCCC1. The number of rotatable bonds is 2. The van der Waals surface area contributed by atoms with Gasteiger partial charge in [0.05, 0.1) is 0 Å². The first-order valence-corrected chi connectivity index (χ1v) is 7.20. The number of hydrogen-bond donors (Lipinski definition) is 1. The van der Waals surface area contributed by atoms with Crippen LogP contribution >= 0.6 is 0 Å². The number of carboxylic acid groups (broad SMARTS) is 1. The second-order valence-electron chi connectivity index (χ2n) is 5.22. The summed E-state index contributed by atoms with van der Waals surface area (Å²) in [5.74, 6) is -0.318. The molecule has 0 heterocycles. The van der Waals surface area contributed by atoms with Crippen molar-refractivity contribution in [1.82, 2.24) is 0 Å². The second-order valence-corrected chi connectivity index (χ2v) is 5.22. The lowest BCUT2D eigenvalue weighted by Gasteiger charge is -2.13. The van der Waals surface area contributed by atoms with Gasteiger partial charge in [-0.3, -0.25) is 0 Å². The first-order valence-electron chi connectivity index (χ1n) is 7.20. The first-order chi connectivity index (χ1) is 8.29. The lowest BCUT2D eigenvalue weighted by Crippen LogP contribution is -2.00. The minimum atomic E-state index is -0.809. The Kier molecular flexibility index (Phi) is 7.78. The molecule has 2 nitrogen and oxygen atoms in total. The Labute approximate surface area is 105 Å². The largest absolute Gasteiger partial charge is 0.478 e. The lowest BCUT2D eigenvalue weighted by molar-refractivity contribution is -0.131. The zero-order valence-electron chi connectivity index (χ0n) is 10.9. The molecule has 0 unspecified atom stereocenters. The number of allylic oxidation sites excluding steroid dienone is 1. The molecule has 0 aromatic rings. The van der Waals surface area contributed by atoms with Gasteiger partial charge in [-0.05, 0) is 18.8 Å². The van der Waals surface area contributed by atoms with Crippen molar-refractivity contribution in [2.45, 2.75) is 70.6 Å². The van der Waals surface area contributed by atoms with Gasteiger partial charge in [0.1, 0.15) is 0 Å². The van der Waals surface area contributed by atoms with Gasteiger partial charge in [-0.15, -0.1) is 0 Å². The van der Waals surface area contributed by atoms with Gasteiger partial charge < -0.3 is 5.11 Å². The molecule has 0 spiro atoms. The van der Waals surface area contributed by atoms with Crippen LogP contribution in [0.25, 0.3) is 0 Å². The molecule has 1 aliphatic carbocycles. The molecule has 0 saturated heterocycles. The minimum Gasteiger partial charge on any atom is -0.478 e. The Morgan fingerprint density at radius 3 is 1.65 bits per heavy atom. The summed E-state index contributed by atoms with van der Waals surface area (Å²) in [6.45, 7) is 0. The summed E-state index contributed by atoms with van der Waals surface area (Å²) in [7, 11) is 0. The van der Waals surface area contributed by atoms with Gasteiger partial charge in [0.2, 0.25) is 0 Å². The lowest BCUT2D eigenvalue weighted by atomic mass is 9.92. The van der Waals surface area contributed by atoms with Crippen molar-refractivity contribution in [1.29, 1.82) is 0 Å². The van der Waals surface area contributed by atoms with E-state index >= 15 is 0 Å². The monoisotopic (exact) mass is 238 g/mol. The Balaban J connectivity index is 2.34. The van der Waals surface area contributed by atoms with Crippen molar-refractivity contribution in [3.63, 3.8) is 0 Å². The molecule has 0 radical (unpaired) electrons. The van der Waals surface area contributed by atoms with Crippen LogP contribution in [0.1, 0.15) is 70.6 Å². The molecule has 0 aliphatic heterocycles. The normalized spacial score (nSPS) is 21.9. The molecule has 1 aliphatic rings. The smallest absolute Gasteiger partial charge is 0.327 e. The number of carbonyl (C=O) groups is 1. The fraction of sp³-hybridized carbons (Fsp3) is 0.800. The summed E-state index contributed by atoms with van der Waals surface area (Å²) in [4.78, 5) is 10.5. The Bertz CT molecular complexity index is 221. The molecule has 0 bridgehead atoms. The van der Waals surface area contributed by atoms with Gasteiger partial charge in [0.25, 0.3) is 0 Å². The van der Waals surface area contributed by atoms with E-state index in [-0.39, 0.29) is 0 Å². The summed E-state index contributed by atoms with van der Waals surface area (Å²) in [6.07, 6.45) is 17.6. The van der Waals surface area contributed by atoms with Crippen LogP contribution in [0.5, 0.6) is 0 Å². The topological polar surface area (TPSA) is 37.3 Å². The van der Waals surface area contributed by atoms with E-state index in [9.17, 15) is 4.79 Å². The highest BCUT2D eigenvalue weighted by Gasteiger charge is 2.06. The van der Waals surface area contributed by atoms with Crippen LogP contribution < -0.4 is 0 Å². The van der Waals surface area contributed by atoms with Gasteiger partial charge in [-0.25, -0.2) is 4.79 Å². The van der Waals surface area contributed by atoms with Crippen molar-refractivity contribution in [2.75, 3.05) is 0 Å². The van der Waals surface area contributed by atoms with Crippen LogP contribution in [-0.4, -0.2) is 11.1 Å². The minimum absolute atomic E-state index is 0.491. The highest BCUT2D eigenvalue weighted by molar-refractivity contribution is 5.79. The third-order valence-electron chi connectivity index (χ3n) is 3.66. The molecule has 17 heavy (non-hydrogen) atoms. The third kappa shape index (κ3) is 8.00. The molecular weight excluding hydrogens is 212 g/mol. The third-order valence-corrected chi connectivity index (χ3v) is 3.66. The van der Waals surface area contributed by atoms with E-state index in [1.165, 1.54) is 76.7 Å². The molecule has 1 saturated carbocycles. The molecule has 0 atom stereocenters. The van der Waals surface area contributed by atoms with Crippen molar-refractivity contribution in [3.8, 4) is 0 Å². The standard InChI is InChI=1S/C15H26O2/c16-15(17)13-12-14-10-8-6-4-2-1-3-5-7-9-11-14/h12-14H,1-11H2,(H,16,17). The zero-order chi connectivity index (χ0) is 12.3. The van der Waals surface area contributed by atoms with Crippen molar-refractivity contribution >= 4 is 5.97 Å². The molecule has 0 aromatic carbocycles. The average Bonchev–Trinajstić information content (AvgIpc) is 2.28. The average molecular weight is 238 g/mol. The number of aliphatic carboxylic acids is 1. The molecule has 1 N–H and O–H groups in total. The van der Waals surface area contributed by atoms with Crippen molar-refractivity contribution in [2.24, 2.45) is 5.92 Å². The molecular formula is C15H26O2. The molecule has 1 fully saturated rings. The quantitative estimate of drug-likeness (QED) is 0.717. The molecule has 1 rings (SSSR count). The summed E-state index contributed by atoms with van der Waals surface area (Å²) >= 11 is 0. The summed E-state index contributed by atoms with van der Waals surface area (Å²) in [5, 5.41) is 8.67. The molecule has 2 heteroatoms. The van der Waals surface area contributed by atoms with Crippen LogP contribution in [0, 0.1) is 5.92 Å². The van der Waals surface area contributed by atoms with Gasteiger partial charge >= 0.3 is 5.97 Å². The van der Waals surface area contributed by atoms with Crippen molar-refractivity contribution < 1.29 is 9.90 Å². The maximum Gasteiger partial charge on any atom is 0.327 e. The van der Waals surface area contributed by atoms with Crippen LogP contribution in [0.3, 0.4) is 0 Å². The fourth-order valence-electron chi connectivity index (χ4n) is 2.61. The van der Waals surface area contributed by atoms with Crippen LogP contribution in [0.15, 0.2) is 12.2 Å². The van der Waals surface area contributed by atoms with E-state index in [1.807, 2.05) is 6.08 Å². The number of carboxylic acids is 1. The molecule has 0 aromatic heterocycles. The maximum atomic E-state index is 10.5. The summed E-state index contributed by atoms with van der Waals surface area (Å²) in [6, 6.07) is 0. The van der Waals surface area contributed by atoms with Gasteiger partial charge in [-0.1, -0.05) is 63.9 Å². The second kappa shape index (κ2) is 9.26. The van der Waals surface area contributed by atoms with Crippen molar-refractivity contribution in [3.05, 3.63) is 12.2 Å². The number of hydrogen-bond acceptors (Lipinski definition) is 1. The van der Waals surface area contributed by atoms with Crippen LogP contribution in [0.4, 0.5) is 0 Å². The molecule has 98 valence electrons. The Hall–Kier alpha value is -0.790. The van der Waals surface area contributed by atoms with Crippen LogP contribution in [-0.2, 0) is 4.79 Å². The predicted molar refractivity (Wildman–Crippen MR) is 71.1 cm³/mol.